The molecule has 28 heavy (non-hydrogen) atoms. The molecule has 0 spiro atoms. The summed E-state index contributed by atoms with van der Waals surface area (Å²) in [6.07, 6.45) is 5.94. The first-order valence-corrected chi connectivity index (χ1v) is 10.0. The molecule has 0 fully saturated rings. The van der Waals surface area contributed by atoms with Crippen LogP contribution in [-0.4, -0.2) is 23.6 Å². The lowest BCUT2D eigenvalue weighted by molar-refractivity contribution is 0.417. The second kappa shape index (κ2) is 8.03. The number of rotatable bonds is 7. The number of hydrogen-bond acceptors (Lipinski definition) is 3. The summed E-state index contributed by atoms with van der Waals surface area (Å²) in [6, 6.07) is 14.8. The van der Waals surface area contributed by atoms with E-state index in [2.05, 4.69) is 41.2 Å². The van der Waals surface area contributed by atoms with E-state index in [0.717, 1.165) is 65.7 Å². The molecule has 4 nitrogen and oxygen atoms in total. The number of pyridine rings is 1. The molecule has 0 atom stereocenters. The quantitative estimate of drug-likeness (QED) is 0.436. The van der Waals surface area contributed by atoms with E-state index in [9.17, 15) is 0 Å². The Morgan fingerprint density at radius 1 is 1.07 bits per heavy atom. The fourth-order valence-corrected chi connectivity index (χ4v) is 3.99. The third-order valence-electron chi connectivity index (χ3n) is 5.48. The number of nitrogens with zero attached hydrogens (tertiary/aromatic N) is 1. The molecule has 0 bridgehead atoms. The number of H-pyrrole nitrogens is 1. The van der Waals surface area contributed by atoms with Gasteiger partial charge >= 0.3 is 0 Å². The molecule has 0 saturated carbocycles. The number of aromatic amines is 1. The van der Waals surface area contributed by atoms with E-state index in [-0.39, 0.29) is 0 Å². The summed E-state index contributed by atoms with van der Waals surface area (Å²) >= 11 is 0. The maximum absolute atomic E-state index is 5.76. The van der Waals surface area contributed by atoms with Gasteiger partial charge in [0.25, 0.3) is 0 Å². The first-order valence-electron chi connectivity index (χ1n) is 10.0. The summed E-state index contributed by atoms with van der Waals surface area (Å²) in [5.41, 5.74) is 12.8. The minimum atomic E-state index is 0.722. The Balaban J connectivity index is 2.00. The Morgan fingerprint density at radius 3 is 2.75 bits per heavy atom. The molecule has 4 rings (SSSR count). The van der Waals surface area contributed by atoms with E-state index >= 15 is 0 Å². The third-order valence-corrected chi connectivity index (χ3v) is 5.48. The lowest BCUT2D eigenvalue weighted by atomic mass is 9.96. The van der Waals surface area contributed by atoms with Gasteiger partial charge in [0.15, 0.2) is 0 Å². The molecule has 2 aromatic carbocycles. The van der Waals surface area contributed by atoms with Gasteiger partial charge in [-0.1, -0.05) is 19.1 Å². The molecule has 4 aromatic rings. The highest BCUT2D eigenvalue weighted by molar-refractivity contribution is 6.02. The molecular weight excluding hydrogens is 346 g/mol. The number of nitrogens with two attached hydrogens (primary N) is 1. The fraction of sp³-hybridized carbons (Fsp3) is 0.292. The van der Waals surface area contributed by atoms with Crippen molar-refractivity contribution < 1.29 is 4.74 Å². The van der Waals surface area contributed by atoms with Crippen LogP contribution in [-0.2, 0) is 12.8 Å². The van der Waals surface area contributed by atoms with Crippen LogP contribution in [0.5, 0.6) is 5.75 Å². The number of nitrogens with one attached hydrogen (secondary N) is 1. The first-order chi connectivity index (χ1) is 13.8. The molecule has 0 radical (unpaired) electrons. The summed E-state index contributed by atoms with van der Waals surface area (Å²) < 4.78 is 5.76. The van der Waals surface area contributed by atoms with Crippen LogP contribution in [0.4, 0.5) is 0 Å². The Bertz CT molecular complexity index is 1110. The van der Waals surface area contributed by atoms with Crippen LogP contribution in [0.25, 0.3) is 33.1 Å². The molecule has 2 heterocycles. The lowest BCUT2D eigenvalue weighted by Crippen LogP contribution is -2.00. The number of fused-ring (bicyclic) bond motifs is 2. The highest BCUT2D eigenvalue weighted by atomic mass is 16.5. The summed E-state index contributed by atoms with van der Waals surface area (Å²) in [5, 5.41) is 2.40. The lowest BCUT2D eigenvalue weighted by Gasteiger charge is -2.13. The molecule has 0 aliphatic rings. The number of aromatic nitrogens is 2. The Kier molecular flexibility index (Phi) is 5.31. The van der Waals surface area contributed by atoms with Gasteiger partial charge in [-0.05, 0) is 73.7 Å². The number of hydrogen-bond donors (Lipinski definition) is 2. The van der Waals surface area contributed by atoms with Crippen LogP contribution in [0.2, 0.25) is 0 Å². The van der Waals surface area contributed by atoms with Crippen LogP contribution >= 0.6 is 0 Å². The number of ether oxygens (including phenoxy) is 1. The average Bonchev–Trinajstić information content (AvgIpc) is 3.10. The van der Waals surface area contributed by atoms with Crippen molar-refractivity contribution >= 4 is 21.8 Å². The van der Waals surface area contributed by atoms with Gasteiger partial charge in [-0.25, -0.2) is 0 Å². The van der Waals surface area contributed by atoms with Crippen molar-refractivity contribution in [2.24, 2.45) is 5.73 Å². The standard InChI is InChI=1S/C24H27N3O/c1-3-16-9-10-21-19(15-16)17(7-4-5-13-25)24(27-21)23-18-8-6-14-26-20(18)11-12-22(23)28-2/h6,8-12,14-15,27H,3-5,7,13,25H2,1-2H3. The molecule has 0 aliphatic carbocycles. The highest BCUT2D eigenvalue weighted by Gasteiger charge is 2.19. The van der Waals surface area contributed by atoms with Gasteiger partial charge in [0, 0.05) is 28.0 Å². The molecule has 4 heteroatoms. The van der Waals surface area contributed by atoms with E-state index in [4.69, 9.17) is 10.5 Å². The van der Waals surface area contributed by atoms with Crippen molar-refractivity contribution in [2.75, 3.05) is 13.7 Å². The smallest absolute Gasteiger partial charge is 0.128 e. The molecule has 0 aliphatic heterocycles. The minimum Gasteiger partial charge on any atom is -0.496 e. The Morgan fingerprint density at radius 2 is 1.96 bits per heavy atom. The second-order valence-corrected chi connectivity index (χ2v) is 7.17. The predicted molar refractivity (Wildman–Crippen MR) is 117 cm³/mol. The zero-order valence-electron chi connectivity index (χ0n) is 16.6. The Labute approximate surface area is 165 Å². The van der Waals surface area contributed by atoms with E-state index in [1.165, 1.54) is 16.5 Å². The second-order valence-electron chi connectivity index (χ2n) is 7.17. The molecule has 2 aromatic heterocycles. The van der Waals surface area contributed by atoms with Gasteiger partial charge in [-0.3, -0.25) is 4.98 Å². The molecule has 144 valence electrons. The van der Waals surface area contributed by atoms with Gasteiger partial charge in [0.2, 0.25) is 0 Å². The first kappa shape index (κ1) is 18.5. The van der Waals surface area contributed by atoms with Crippen molar-refractivity contribution in [1.82, 2.24) is 9.97 Å². The van der Waals surface area contributed by atoms with Crippen LogP contribution in [0, 0.1) is 0 Å². The largest absolute Gasteiger partial charge is 0.496 e. The number of methoxy groups -OCH3 is 1. The molecule has 0 saturated heterocycles. The van der Waals surface area contributed by atoms with Crippen LogP contribution < -0.4 is 10.5 Å². The van der Waals surface area contributed by atoms with Gasteiger partial charge in [-0.2, -0.15) is 0 Å². The summed E-state index contributed by atoms with van der Waals surface area (Å²) in [5.74, 6) is 0.864. The Hall–Kier alpha value is -2.85. The maximum Gasteiger partial charge on any atom is 0.128 e. The SMILES string of the molecule is CCc1ccc2[nH]c(-c3c(OC)ccc4ncccc34)c(CCCCN)c2c1. The van der Waals surface area contributed by atoms with Crippen molar-refractivity contribution in [1.29, 1.82) is 0 Å². The van der Waals surface area contributed by atoms with Crippen LogP contribution in [0.15, 0.2) is 48.7 Å². The third kappa shape index (κ3) is 3.25. The van der Waals surface area contributed by atoms with Crippen molar-refractivity contribution in [2.45, 2.75) is 32.6 Å². The maximum atomic E-state index is 5.76. The van der Waals surface area contributed by atoms with Crippen LogP contribution in [0.3, 0.4) is 0 Å². The molecule has 3 N–H and O–H groups in total. The molecule has 0 unspecified atom stereocenters. The molecular formula is C24H27N3O. The summed E-state index contributed by atoms with van der Waals surface area (Å²) in [6.45, 7) is 2.92. The number of benzene rings is 2. The summed E-state index contributed by atoms with van der Waals surface area (Å²) in [4.78, 5) is 8.23. The van der Waals surface area contributed by atoms with Gasteiger partial charge < -0.3 is 15.5 Å². The zero-order valence-corrected chi connectivity index (χ0v) is 16.6. The van der Waals surface area contributed by atoms with Gasteiger partial charge in [0.05, 0.1) is 18.3 Å². The number of unbranched alkanes of at least 4 members (excludes halogenated alkanes) is 1. The highest BCUT2D eigenvalue weighted by Crippen LogP contribution is 2.41. The van der Waals surface area contributed by atoms with Crippen molar-refractivity contribution in [3.05, 3.63) is 59.8 Å². The predicted octanol–water partition coefficient (Wildman–Crippen LogP) is 5.24. The van der Waals surface area contributed by atoms with E-state index < -0.39 is 0 Å². The topological polar surface area (TPSA) is 63.9 Å². The van der Waals surface area contributed by atoms with E-state index in [0.29, 0.717) is 0 Å². The van der Waals surface area contributed by atoms with Crippen molar-refractivity contribution in [3.63, 3.8) is 0 Å². The zero-order chi connectivity index (χ0) is 19.5. The van der Waals surface area contributed by atoms with Crippen molar-refractivity contribution in [3.8, 4) is 17.0 Å². The van der Waals surface area contributed by atoms with Gasteiger partial charge in [-0.15, -0.1) is 0 Å². The van der Waals surface area contributed by atoms with E-state index in [1.54, 1.807) is 7.11 Å². The average molecular weight is 374 g/mol. The minimum absolute atomic E-state index is 0.722. The normalized spacial score (nSPS) is 11.4. The van der Waals surface area contributed by atoms with Crippen LogP contribution in [0.1, 0.15) is 30.9 Å². The van der Waals surface area contributed by atoms with E-state index in [1.807, 2.05) is 24.4 Å². The summed E-state index contributed by atoms with van der Waals surface area (Å²) in [7, 11) is 1.73. The number of aryl methyl sites for hydroxylation is 2. The van der Waals surface area contributed by atoms with Gasteiger partial charge in [0.1, 0.15) is 5.75 Å². The monoisotopic (exact) mass is 373 g/mol. The fourth-order valence-electron chi connectivity index (χ4n) is 3.99. The molecule has 0 amide bonds.